The predicted octanol–water partition coefficient (Wildman–Crippen LogP) is 5.24. The molecular weight excluding hydrogens is 349 g/mol. The highest BCUT2D eigenvalue weighted by atomic mass is 79.9. The molecule has 2 rings (SSSR count). The van der Waals surface area contributed by atoms with E-state index in [2.05, 4.69) is 31.5 Å². The Labute approximate surface area is 130 Å². The van der Waals surface area contributed by atoms with Gasteiger partial charge in [0.25, 0.3) is 0 Å². The van der Waals surface area contributed by atoms with Crippen molar-refractivity contribution < 1.29 is 0 Å². The highest BCUT2D eigenvalue weighted by Gasteiger charge is 2.09. The van der Waals surface area contributed by atoms with E-state index in [4.69, 9.17) is 23.2 Å². The molecule has 0 fully saturated rings. The van der Waals surface area contributed by atoms with Gasteiger partial charge in [0.2, 0.25) is 0 Å². The first kappa shape index (κ1) is 14.4. The second-order valence-electron chi connectivity index (χ2n) is 3.99. The van der Waals surface area contributed by atoms with Crippen LogP contribution in [0.1, 0.15) is 5.56 Å². The summed E-state index contributed by atoms with van der Waals surface area (Å²) in [4.78, 5) is 4.34. The summed E-state index contributed by atoms with van der Waals surface area (Å²) in [5, 5.41) is 7.05. The molecule has 0 saturated heterocycles. The van der Waals surface area contributed by atoms with Crippen molar-refractivity contribution in [1.82, 2.24) is 4.98 Å². The van der Waals surface area contributed by atoms with Crippen molar-refractivity contribution in [2.24, 2.45) is 0 Å². The highest BCUT2D eigenvalue weighted by molar-refractivity contribution is 9.10. The molecule has 0 radical (unpaired) electrons. The number of pyridine rings is 1. The van der Waals surface area contributed by atoms with Crippen LogP contribution < -0.4 is 10.6 Å². The van der Waals surface area contributed by atoms with E-state index in [-0.39, 0.29) is 0 Å². The second-order valence-corrected chi connectivity index (χ2v) is 5.66. The molecule has 0 unspecified atom stereocenters. The zero-order valence-electron chi connectivity index (χ0n) is 10.4. The lowest BCUT2D eigenvalue weighted by molar-refractivity contribution is 1.27. The molecule has 3 nitrogen and oxygen atoms in total. The van der Waals surface area contributed by atoms with Crippen LogP contribution in [0, 0.1) is 6.92 Å². The van der Waals surface area contributed by atoms with Crippen LogP contribution in [-0.4, -0.2) is 12.0 Å². The number of hydrogen-bond donors (Lipinski definition) is 2. The summed E-state index contributed by atoms with van der Waals surface area (Å²) >= 11 is 15.6. The van der Waals surface area contributed by atoms with E-state index < -0.39 is 0 Å². The molecule has 100 valence electrons. The number of benzene rings is 1. The molecule has 0 aliphatic heterocycles. The normalized spacial score (nSPS) is 10.4. The molecule has 1 aromatic carbocycles. The monoisotopic (exact) mass is 359 g/mol. The number of nitrogens with one attached hydrogen (secondary N) is 2. The van der Waals surface area contributed by atoms with Gasteiger partial charge in [-0.05, 0) is 30.7 Å². The quantitative estimate of drug-likeness (QED) is 0.785. The van der Waals surface area contributed by atoms with Gasteiger partial charge < -0.3 is 10.6 Å². The summed E-state index contributed by atoms with van der Waals surface area (Å²) in [6.07, 6.45) is 0. The van der Waals surface area contributed by atoms with E-state index in [1.165, 1.54) is 0 Å². The highest BCUT2D eigenvalue weighted by Crippen LogP contribution is 2.31. The first-order chi connectivity index (χ1) is 9.01. The summed E-state index contributed by atoms with van der Waals surface area (Å²) in [5.74, 6) is 1.14. The molecule has 2 aromatic rings. The molecule has 0 atom stereocenters. The van der Waals surface area contributed by atoms with Crippen LogP contribution in [0.25, 0.3) is 0 Å². The number of nitrogens with zero attached hydrogens (tertiary/aromatic N) is 1. The smallest absolute Gasteiger partial charge is 0.151 e. The fourth-order valence-electron chi connectivity index (χ4n) is 1.54. The molecule has 1 aromatic heterocycles. The molecule has 1 heterocycles. The molecule has 2 N–H and O–H groups in total. The van der Waals surface area contributed by atoms with Crippen LogP contribution in [-0.2, 0) is 0 Å². The summed E-state index contributed by atoms with van der Waals surface area (Å²) in [5.41, 5.74) is 2.06. The SMILES string of the molecule is CNc1nc(Nc2ccc(C)c(Br)c2)c(Cl)cc1Cl. The van der Waals surface area contributed by atoms with Crippen molar-refractivity contribution in [2.75, 3.05) is 17.7 Å². The fraction of sp³-hybridized carbons (Fsp3) is 0.154. The maximum absolute atomic E-state index is 6.13. The van der Waals surface area contributed by atoms with Crippen molar-refractivity contribution >= 4 is 56.5 Å². The largest absolute Gasteiger partial charge is 0.372 e. The Kier molecular flexibility index (Phi) is 4.55. The van der Waals surface area contributed by atoms with Gasteiger partial charge in [0.05, 0.1) is 10.0 Å². The lowest BCUT2D eigenvalue weighted by atomic mass is 10.2. The summed E-state index contributed by atoms with van der Waals surface area (Å²) < 4.78 is 1.02. The van der Waals surface area contributed by atoms with Crippen LogP contribution in [0.3, 0.4) is 0 Å². The average molecular weight is 361 g/mol. The van der Waals surface area contributed by atoms with Gasteiger partial charge >= 0.3 is 0 Å². The van der Waals surface area contributed by atoms with E-state index in [1.54, 1.807) is 13.1 Å². The minimum Gasteiger partial charge on any atom is -0.372 e. The topological polar surface area (TPSA) is 37.0 Å². The molecule has 0 spiro atoms. The maximum Gasteiger partial charge on any atom is 0.151 e. The number of hydrogen-bond acceptors (Lipinski definition) is 3. The second kappa shape index (κ2) is 5.99. The van der Waals surface area contributed by atoms with Gasteiger partial charge in [0.1, 0.15) is 5.82 Å². The van der Waals surface area contributed by atoms with Gasteiger partial charge in [0.15, 0.2) is 5.82 Å². The van der Waals surface area contributed by atoms with E-state index in [9.17, 15) is 0 Å². The van der Waals surface area contributed by atoms with Crippen LogP contribution in [0.4, 0.5) is 17.3 Å². The Hall–Kier alpha value is -0.970. The van der Waals surface area contributed by atoms with Crippen molar-refractivity contribution in [1.29, 1.82) is 0 Å². The number of anilines is 3. The van der Waals surface area contributed by atoms with Crippen LogP contribution in [0.5, 0.6) is 0 Å². The summed E-state index contributed by atoms with van der Waals surface area (Å²) in [6, 6.07) is 7.61. The lowest BCUT2D eigenvalue weighted by Crippen LogP contribution is -1.99. The number of aromatic nitrogens is 1. The molecule has 0 aliphatic rings. The number of halogens is 3. The Bertz CT molecular complexity index is 617. The summed E-state index contributed by atoms with van der Waals surface area (Å²) in [7, 11) is 1.76. The zero-order valence-corrected chi connectivity index (χ0v) is 13.5. The first-order valence-corrected chi connectivity index (χ1v) is 7.13. The van der Waals surface area contributed by atoms with Crippen molar-refractivity contribution in [2.45, 2.75) is 6.92 Å². The molecule has 19 heavy (non-hydrogen) atoms. The van der Waals surface area contributed by atoms with Crippen molar-refractivity contribution in [3.05, 3.63) is 44.3 Å². The van der Waals surface area contributed by atoms with E-state index in [0.29, 0.717) is 21.7 Å². The van der Waals surface area contributed by atoms with Crippen LogP contribution >= 0.6 is 39.1 Å². The predicted molar refractivity (Wildman–Crippen MR) is 86.0 cm³/mol. The molecule has 6 heteroatoms. The number of aryl methyl sites for hydroxylation is 1. The van der Waals surface area contributed by atoms with Crippen molar-refractivity contribution in [3.63, 3.8) is 0 Å². The molecular formula is C13H12BrCl2N3. The zero-order chi connectivity index (χ0) is 14.0. The van der Waals surface area contributed by atoms with Gasteiger partial charge in [-0.25, -0.2) is 4.98 Å². The standard InChI is InChI=1S/C13H12BrCl2N3/c1-7-3-4-8(5-9(7)14)18-13-11(16)6-10(15)12(17-2)19-13/h3-6H,1-2H3,(H2,17,18,19). The third kappa shape index (κ3) is 3.32. The third-order valence-electron chi connectivity index (χ3n) is 2.60. The van der Waals surface area contributed by atoms with Crippen LogP contribution in [0.2, 0.25) is 10.0 Å². The average Bonchev–Trinajstić information content (AvgIpc) is 2.37. The Morgan fingerprint density at radius 1 is 1.11 bits per heavy atom. The Balaban J connectivity index is 2.34. The van der Waals surface area contributed by atoms with E-state index in [0.717, 1.165) is 15.7 Å². The molecule has 0 aliphatic carbocycles. The number of rotatable bonds is 3. The van der Waals surface area contributed by atoms with E-state index in [1.807, 2.05) is 25.1 Å². The molecule has 0 amide bonds. The minimum atomic E-state index is 0.473. The minimum absolute atomic E-state index is 0.473. The van der Waals surface area contributed by atoms with Crippen molar-refractivity contribution in [3.8, 4) is 0 Å². The van der Waals surface area contributed by atoms with E-state index >= 15 is 0 Å². The van der Waals surface area contributed by atoms with Crippen LogP contribution in [0.15, 0.2) is 28.7 Å². The third-order valence-corrected chi connectivity index (χ3v) is 4.03. The summed E-state index contributed by atoms with van der Waals surface area (Å²) in [6.45, 7) is 2.03. The lowest BCUT2D eigenvalue weighted by Gasteiger charge is -2.11. The first-order valence-electron chi connectivity index (χ1n) is 5.58. The molecule has 0 bridgehead atoms. The Morgan fingerprint density at radius 2 is 1.79 bits per heavy atom. The van der Waals surface area contributed by atoms with Gasteiger partial charge in [-0.1, -0.05) is 45.2 Å². The van der Waals surface area contributed by atoms with Gasteiger partial charge in [0, 0.05) is 17.2 Å². The maximum atomic E-state index is 6.13. The Morgan fingerprint density at radius 3 is 2.42 bits per heavy atom. The van der Waals surface area contributed by atoms with Gasteiger partial charge in [-0.3, -0.25) is 0 Å². The molecule has 0 saturated carbocycles. The fourth-order valence-corrected chi connectivity index (χ4v) is 2.42. The van der Waals surface area contributed by atoms with Gasteiger partial charge in [-0.2, -0.15) is 0 Å². The van der Waals surface area contributed by atoms with Gasteiger partial charge in [-0.15, -0.1) is 0 Å².